The van der Waals surface area contributed by atoms with Crippen molar-refractivity contribution in [3.8, 4) is 39.4 Å². The van der Waals surface area contributed by atoms with Crippen LogP contribution < -0.4 is 15.7 Å². The third-order valence-electron chi connectivity index (χ3n) is 8.27. The molecule has 0 unspecified atom stereocenters. The van der Waals surface area contributed by atoms with E-state index < -0.39 is 0 Å². The number of benzene rings is 6. The summed E-state index contributed by atoms with van der Waals surface area (Å²) in [5.41, 5.74) is 11.0. The first-order valence-corrected chi connectivity index (χ1v) is 14.5. The van der Waals surface area contributed by atoms with Crippen LogP contribution in [-0.2, 0) is 0 Å². The molecule has 2 aliphatic rings. The van der Waals surface area contributed by atoms with E-state index in [1.165, 1.54) is 59.9 Å². The van der Waals surface area contributed by atoms with Crippen LogP contribution in [0.15, 0.2) is 138 Å². The summed E-state index contributed by atoms with van der Waals surface area (Å²) in [4.78, 5) is 1.31. The van der Waals surface area contributed by atoms with Crippen LogP contribution >= 0.6 is 11.6 Å². The largest absolute Gasteiger partial charge is 0.458 e. The lowest BCUT2D eigenvalue weighted by Crippen LogP contribution is -2.46. The van der Waals surface area contributed by atoms with Crippen LogP contribution in [0.3, 0.4) is 0 Å². The molecular weight excluding hydrogens is 505 g/mol. The molecule has 0 bridgehead atoms. The molecule has 3 heterocycles. The fourth-order valence-corrected chi connectivity index (χ4v) is 7.88. The van der Waals surface area contributed by atoms with Gasteiger partial charge in [0.05, 0.1) is 11.0 Å². The fourth-order valence-electron chi connectivity index (χ4n) is 6.49. The molecule has 2 nitrogen and oxygen atoms in total. The monoisotopic (exact) mass is 527 g/mol. The van der Waals surface area contributed by atoms with Gasteiger partial charge in [0.2, 0.25) is 0 Å². The molecule has 0 saturated heterocycles. The van der Waals surface area contributed by atoms with E-state index in [0.29, 0.717) is 0 Å². The molecule has 0 atom stereocenters. The van der Waals surface area contributed by atoms with Crippen molar-refractivity contribution in [2.24, 2.45) is 0 Å². The minimum absolute atomic E-state index is 0.154. The second kappa shape index (κ2) is 8.42. The Morgan fingerprint density at radius 1 is 0.550 bits per heavy atom. The van der Waals surface area contributed by atoms with Crippen LogP contribution in [0, 0.1) is 0 Å². The lowest BCUT2D eigenvalue weighted by Gasteiger charge is -2.33. The Kier molecular flexibility index (Phi) is 4.67. The van der Waals surface area contributed by atoms with Gasteiger partial charge in [-0.2, -0.15) is 11.6 Å². The highest BCUT2D eigenvalue weighted by atomic mass is 32.2. The lowest BCUT2D eigenvalue weighted by molar-refractivity contribution is 0.488. The van der Waals surface area contributed by atoms with Crippen molar-refractivity contribution in [3.63, 3.8) is 0 Å². The number of fused-ring (bicyclic) bond motifs is 7. The molecule has 0 fully saturated rings. The van der Waals surface area contributed by atoms with Crippen molar-refractivity contribution in [2.75, 3.05) is 0 Å². The Labute approximate surface area is 236 Å². The smallest absolute Gasteiger partial charge is 0.289 e. The van der Waals surface area contributed by atoms with Gasteiger partial charge in [-0.05, 0) is 81.7 Å². The van der Waals surface area contributed by atoms with E-state index in [1.807, 2.05) is 11.6 Å². The Bertz CT molecular complexity index is 2080. The molecular formula is C36H22BNOS. The predicted octanol–water partition coefficient (Wildman–Crippen LogP) is 8.43. The van der Waals surface area contributed by atoms with Gasteiger partial charge < -0.3 is 9.30 Å². The third-order valence-corrected chi connectivity index (χ3v) is 9.60. The molecule has 0 spiro atoms. The Balaban J connectivity index is 1.27. The maximum Gasteiger partial charge on any atom is 0.289 e. The normalized spacial score (nSPS) is 13.1. The molecule has 186 valence electrons. The molecule has 6 aromatic carbocycles. The summed E-state index contributed by atoms with van der Waals surface area (Å²) in [5, 5.41) is 2.54. The zero-order valence-electron chi connectivity index (χ0n) is 21.5. The molecule has 0 radical (unpaired) electrons. The topological polar surface area (TPSA) is 14.2 Å². The fraction of sp³-hybridized carbons (Fsp3) is 0. The van der Waals surface area contributed by atoms with Gasteiger partial charge in [0.15, 0.2) is 0 Å². The van der Waals surface area contributed by atoms with Crippen molar-refractivity contribution >= 4 is 50.3 Å². The Hall–Kier alpha value is -4.67. The molecule has 7 aromatic rings. The lowest BCUT2D eigenvalue weighted by atomic mass is 9.57. The van der Waals surface area contributed by atoms with Crippen LogP contribution in [0.1, 0.15) is 0 Å². The van der Waals surface area contributed by atoms with Gasteiger partial charge in [0.25, 0.3) is 5.99 Å². The van der Waals surface area contributed by atoms with Gasteiger partial charge >= 0.3 is 0 Å². The zero-order chi connectivity index (χ0) is 26.2. The maximum absolute atomic E-state index is 6.73. The van der Waals surface area contributed by atoms with Crippen LogP contribution in [0.5, 0.6) is 11.5 Å². The van der Waals surface area contributed by atoms with Crippen molar-refractivity contribution < 1.29 is 4.74 Å². The van der Waals surface area contributed by atoms with E-state index in [9.17, 15) is 0 Å². The van der Waals surface area contributed by atoms with Gasteiger partial charge in [-0.3, -0.25) is 0 Å². The first kappa shape index (κ1) is 22.2. The van der Waals surface area contributed by atoms with Crippen molar-refractivity contribution in [2.45, 2.75) is 4.90 Å². The number of aromatic nitrogens is 1. The van der Waals surface area contributed by atoms with Crippen molar-refractivity contribution in [3.05, 3.63) is 133 Å². The summed E-state index contributed by atoms with van der Waals surface area (Å²) in [6.45, 7) is 0. The van der Waals surface area contributed by atoms with Gasteiger partial charge in [0, 0.05) is 21.4 Å². The molecule has 2 aliphatic heterocycles. The number of rotatable bonds is 2. The minimum atomic E-state index is 0.154. The highest BCUT2D eigenvalue weighted by molar-refractivity contribution is 8.28. The SMILES string of the molecule is c1ccc(-c2cc3c4c(c2)-c2ccccc2SB4c2cc(-n4c5ccccc5c5ccccc54)ccc2O3)cc1. The molecule has 4 heteroatoms. The second-order valence-corrected chi connectivity index (χ2v) is 11.6. The standard InChI is InChI=1S/C36H22BNOS/c1-2-10-23(11-3-1)24-20-29-28-14-6-9-17-35(28)40-37-30-22-25(18-19-33(30)39-34(21-24)36(29)37)38-31-15-7-4-12-26(31)27-13-5-8-16-32(27)38/h1-22H. The molecule has 0 aliphatic carbocycles. The van der Waals surface area contributed by atoms with E-state index in [4.69, 9.17) is 4.74 Å². The third kappa shape index (κ3) is 3.14. The highest BCUT2D eigenvalue weighted by Crippen LogP contribution is 2.45. The predicted molar refractivity (Wildman–Crippen MR) is 169 cm³/mol. The molecule has 0 N–H and O–H groups in total. The summed E-state index contributed by atoms with van der Waals surface area (Å²) in [6.07, 6.45) is 0. The second-order valence-electron chi connectivity index (χ2n) is 10.5. The van der Waals surface area contributed by atoms with Crippen LogP contribution in [0.25, 0.3) is 49.7 Å². The first-order valence-electron chi connectivity index (χ1n) is 13.6. The van der Waals surface area contributed by atoms with Gasteiger partial charge in [-0.1, -0.05) is 84.9 Å². The molecule has 0 saturated carbocycles. The van der Waals surface area contributed by atoms with Gasteiger partial charge in [-0.25, -0.2) is 0 Å². The van der Waals surface area contributed by atoms with E-state index in [2.05, 4.69) is 138 Å². The number of ether oxygens (including phenoxy) is 1. The summed E-state index contributed by atoms with van der Waals surface area (Å²) >= 11 is 1.93. The molecule has 9 rings (SSSR count). The summed E-state index contributed by atoms with van der Waals surface area (Å²) < 4.78 is 9.12. The van der Waals surface area contributed by atoms with E-state index in [1.54, 1.807) is 0 Å². The molecule has 40 heavy (non-hydrogen) atoms. The summed E-state index contributed by atoms with van der Waals surface area (Å²) in [5.74, 6) is 2.05. The highest BCUT2D eigenvalue weighted by Gasteiger charge is 2.39. The van der Waals surface area contributed by atoms with Gasteiger partial charge in [-0.15, -0.1) is 0 Å². The average molecular weight is 527 g/mol. The van der Waals surface area contributed by atoms with Crippen molar-refractivity contribution in [1.82, 2.24) is 4.57 Å². The van der Waals surface area contributed by atoms with E-state index >= 15 is 0 Å². The maximum atomic E-state index is 6.73. The van der Waals surface area contributed by atoms with Crippen molar-refractivity contribution in [1.29, 1.82) is 0 Å². The number of hydrogen-bond donors (Lipinski definition) is 0. The minimum Gasteiger partial charge on any atom is -0.458 e. The van der Waals surface area contributed by atoms with Crippen LogP contribution in [0.4, 0.5) is 0 Å². The van der Waals surface area contributed by atoms with E-state index in [-0.39, 0.29) is 5.99 Å². The van der Waals surface area contributed by atoms with E-state index in [0.717, 1.165) is 17.2 Å². The first-order chi connectivity index (χ1) is 19.8. The Morgan fingerprint density at radius 3 is 2.05 bits per heavy atom. The summed E-state index contributed by atoms with van der Waals surface area (Å²) in [7, 11) is 0. The number of nitrogens with zero attached hydrogens (tertiary/aromatic N) is 1. The van der Waals surface area contributed by atoms with Crippen LogP contribution in [0.2, 0.25) is 0 Å². The quantitative estimate of drug-likeness (QED) is 0.210. The number of para-hydroxylation sites is 2. The Morgan fingerprint density at radius 2 is 1.25 bits per heavy atom. The number of hydrogen-bond acceptors (Lipinski definition) is 2. The zero-order valence-corrected chi connectivity index (χ0v) is 22.4. The van der Waals surface area contributed by atoms with Gasteiger partial charge in [0.1, 0.15) is 11.5 Å². The average Bonchev–Trinajstić information content (AvgIpc) is 3.36. The van der Waals surface area contributed by atoms with Crippen LogP contribution in [-0.4, -0.2) is 10.6 Å². The molecule has 0 amide bonds. The summed E-state index contributed by atoms with van der Waals surface area (Å²) in [6, 6.07) is 48.0. The molecule has 1 aromatic heterocycles.